The van der Waals surface area contributed by atoms with Crippen molar-refractivity contribution < 1.29 is 28.3 Å². The Hall–Kier alpha value is -2.18. The van der Waals surface area contributed by atoms with E-state index < -0.39 is 36.8 Å². The zero-order valence-electron chi connectivity index (χ0n) is 8.68. The van der Waals surface area contributed by atoms with Crippen LogP contribution < -0.4 is 5.32 Å². The molecule has 0 aliphatic heterocycles. The van der Waals surface area contributed by atoms with Gasteiger partial charge in [0.15, 0.2) is 5.78 Å². The number of Topliss-reactive ketones (excluding diaryl/α,β-unsaturated/α-hetero) is 1. The Balaban J connectivity index is 2.69. The molecule has 0 saturated carbocycles. The average Bonchev–Trinajstić information content (AvgIpc) is 2.79. The van der Waals surface area contributed by atoms with Gasteiger partial charge >= 0.3 is 5.97 Å². The Morgan fingerprint density at radius 3 is 2.65 bits per heavy atom. The Morgan fingerprint density at radius 1 is 1.47 bits per heavy atom. The quantitative estimate of drug-likeness (QED) is 0.753. The predicted molar refractivity (Wildman–Crippen MR) is 53.2 cm³/mol. The van der Waals surface area contributed by atoms with Gasteiger partial charge in [0.25, 0.3) is 5.91 Å². The van der Waals surface area contributed by atoms with Crippen molar-refractivity contribution in [1.29, 1.82) is 0 Å². The summed E-state index contributed by atoms with van der Waals surface area (Å²) in [5, 5.41) is 10.7. The smallest absolute Gasteiger partial charge is 0.305 e. The number of carboxylic acid groups (broad SMARTS) is 1. The molecular formula is C10H10FNO5. The van der Waals surface area contributed by atoms with Crippen LogP contribution in [0.2, 0.25) is 0 Å². The number of amides is 1. The Kier molecular flexibility index (Phi) is 4.38. The van der Waals surface area contributed by atoms with Crippen molar-refractivity contribution in [2.24, 2.45) is 0 Å². The molecule has 1 atom stereocenters. The van der Waals surface area contributed by atoms with Gasteiger partial charge in [0.1, 0.15) is 19.0 Å². The van der Waals surface area contributed by atoms with E-state index in [1.165, 1.54) is 12.3 Å². The van der Waals surface area contributed by atoms with E-state index in [0.29, 0.717) is 0 Å². The van der Waals surface area contributed by atoms with Crippen molar-refractivity contribution in [2.75, 3.05) is 6.67 Å². The summed E-state index contributed by atoms with van der Waals surface area (Å²) in [6.45, 7) is -1.33. The number of hydrogen-bond acceptors (Lipinski definition) is 4. The minimum absolute atomic E-state index is 0.132. The van der Waals surface area contributed by atoms with Crippen LogP contribution in [0.5, 0.6) is 0 Å². The lowest BCUT2D eigenvalue weighted by Gasteiger charge is -2.13. The second-order valence-electron chi connectivity index (χ2n) is 3.24. The van der Waals surface area contributed by atoms with Crippen LogP contribution in [0.25, 0.3) is 0 Å². The molecule has 0 bridgehead atoms. The maximum Gasteiger partial charge on any atom is 0.305 e. The summed E-state index contributed by atoms with van der Waals surface area (Å²) in [5.74, 6) is -2.97. The van der Waals surface area contributed by atoms with Crippen LogP contribution in [0.1, 0.15) is 16.8 Å². The lowest BCUT2D eigenvalue weighted by Crippen LogP contribution is -2.42. The van der Waals surface area contributed by atoms with Gasteiger partial charge in [-0.2, -0.15) is 0 Å². The van der Waals surface area contributed by atoms with E-state index in [1.54, 1.807) is 0 Å². The molecule has 7 heteroatoms. The molecule has 6 nitrogen and oxygen atoms in total. The topological polar surface area (TPSA) is 96.6 Å². The first-order valence-corrected chi connectivity index (χ1v) is 4.68. The number of aliphatic carboxylic acids is 1. The normalized spacial score (nSPS) is 11.8. The van der Waals surface area contributed by atoms with E-state index in [4.69, 9.17) is 5.11 Å². The van der Waals surface area contributed by atoms with E-state index >= 15 is 0 Å². The van der Waals surface area contributed by atoms with Gasteiger partial charge in [0.05, 0.1) is 18.2 Å². The van der Waals surface area contributed by atoms with Gasteiger partial charge in [0, 0.05) is 0 Å². The number of halogens is 1. The summed E-state index contributed by atoms with van der Waals surface area (Å²) in [6, 6.07) is -0.0347. The Labute approximate surface area is 95.4 Å². The van der Waals surface area contributed by atoms with Crippen LogP contribution in [0, 0.1) is 0 Å². The number of nitrogens with one attached hydrogen (secondary N) is 1. The number of rotatable bonds is 6. The molecule has 92 valence electrons. The highest BCUT2D eigenvalue weighted by Crippen LogP contribution is 2.02. The van der Waals surface area contributed by atoms with Crippen LogP contribution in [-0.4, -0.2) is 35.5 Å². The van der Waals surface area contributed by atoms with Gasteiger partial charge < -0.3 is 14.8 Å². The Morgan fingerprint density at radius 2 is 2.18 bits per heavy atom. The number of furan rings is 1. The molecule has 1 heterocycles. The molecule has 1 aromatic heterocycles. The van der Waals surface area contributed by atoms with Crippen LogP contribution in [0.3, 0.4) is 0 Å². The van der Waals surface area contributed by atoms with E-state index in [1.807, 2.05) is 0 Å². The second-order valence-corrected chi connectivity index (χ2v) is 3.24. The van der Waals surface area contributed by atoms with Crippen LogP contribution in [0.4, 0.5) is 4.39 Å². The molecule has 0 aromatic carbocycles. The Bertz CT molecular complexity index is 414. The zero-order valence-corrected chi connectivity index (χ0v) is 8.68. The van der Waals surface area contributed by atoms with Gasteiger partial charge in [-0.1, -0.05) is 0 Å². The third-order valence-corrected chi connectivity index (χ3v) is 1.99. The van der Waals surface area contributed by atoms with Gasteiger partial charge in [0.2, 0.25) is 0 Å². The molecular weight excluding hydrogens is 233 g/mol. The molecule has 0 aliphatic rings. The highest BCUT2D eigenvalue weighted by Gasteiger charge is 2.24. The van der Waals surface area contributed by atoms with Crippen molar-refractivity contribution >= 4 is 17.7 Å². The van der Waals surface area contributed by atoms with Crippen molar-refractivity contribution in [3.63, 3.8) is 0 Å². The number of carboxylic acids is 1. The van der Waals surface area contributed by atoms with Crippen molar-refractivity contribution in [2.45, 2.75) is 12.5 Å². The molecule has 1 amide bonds. The number of ketones is 1. The number of hydrogen-bond donors (Lipinski definition) is 2. The number of carbonyl (C=O) groups excluding carboxylic acids is 2. The summed E-state index contributed by atoms with van der Waals surface area (Å²) in [4.78, 5) is 33.0. The molecule has 1 aromatic rings. The van der Waals surface area contributed by atoms with Gasteiger partial charge in [-0.25, -0.2) is 4.39 Å². The summed E-state index contributed by atoms with van der Waals surface area (Å²) < 4.78 is 16.8. The molecule has 1 rings (SSSR count). The third-order valence-electron chi connectivity index (χ3n) is 1.99. The molecule has 0 fully saturated rings. The van der Waals surface area contributed by atoms with Gasteiger partial charge in [-0.3, -0.25) is 14.4 Å². The number of alkyl halides is 1. The summed E-state index contributed by atoms with van der Waals surface area (Å²) in [6.07, 6.45) is 1.72. The highest BCUT2D eigenvalue weighted by atomic mass is 19.1. The molecule has 0 aliphatic carbocycles. The van der Waals surface area contributed by atoms with Crippen molar-refractivity contribution in [1.82, 2.24) is 5.32 Å². The fraction of sp³-hybridized carbons (Fsp3) is 0.300. The first-order valence-electron chi connectivity index (χ1n) is 4.68. The summed E-state index contributed by atoms with van der Waals surface area (Å²) in [5.41, 5.74) is 0.132. The first-order chi connectivity index (χ1) is 8.04. The second kappa shape index (κ2) is 5.78. The minimum Gasteiger partial charge on any atom is -0.481 e. The molecule has 1 unspecified atom stereocenters. The lowest BCUT2D eigenvalue weighted by atomic mass is 10.1. The molecule has 17 heavy (non-hydrogen) atoms. The van der Waals surface area contributed by atoms with E-state index in [9.17, 15) is 18.8 Å². The lowest BCUT2D eigenvalue weighted by molar-refractivity contribution is -0.139. The van der Waals surface area contributed by atoms with Gasteiger partial charge in [-0.15, -0.1) is 0 Å². The first kappa shape index (κ1) is 12.9. The SMILES string of the molecule is O=C(O)CC(NC(=O)c1ccoc1)C(=O)CF. The molecule has 0 saturated heterocycles. The summed E-state index contributed by atoms with van der Waals surface area (Å²) >= 11 is 0. The summed E-state index contributed by atoms with van der Waals surface area (Å²) in [7, 11) is 0. The molecule has 0 spiro atoms. The van der Waals surface area contributed by atoms with Crippen LogP contribution >= 0.6 is 0 Å². The van der Waals surface area contributed by atoms with Crippen LogP contribution in [0.15, 0.2) is 23.0 Å². The molecule has 2 N–H and O–H groups in total. The zero-order chi connectivity index (χ0) is 12.8. The molecule has 0 radical (unpaired) electrons. The van der Waals surface area contributed by atoms with E-state index in [-0.39, 0.29) is 5.56 Å². The van der Waals surface area contributed by atoms with E-state index in [2.05, 4.69) is 9.73 Å². The number of carbonyl (C=O) groups is 3. The highest BCUT2D eigenvalue weighted by molar-refractivity contribution is 5.98. The average molecular weight is 243 g/mol. The largest absolute Gasteiger partial charge is 0.481 e. The van der Waals surface area contributed by atoms with Crippen LogP contribution in [-0.2, 0) is 9.59 Å². The van der Waals surface area contributed by atoms with Crippen molar-refractivity contribution in [3.8, 4) is 0 Å². The monoisotopic (exact) mass is 243 g/mol. The van der Waals surface area contributed by atoms with Crippen molar-refractivity contribution in [3.05, 3.63) is 24.2 Å². The maximum absolute atomic E-state index is 12.2. The minimum atomic E-state index is -1.38. The maximum atomic E-state index is 12.2. The third kappa shape index (κ3) is 3.71. The fourth-order valence-electron chi connectivity index (χ4n) is 1.15. The van der Waals surface area contributed by atoms with Gasteiger partial charge in [-0.05, 0) is 6.07 Å². The standard InChI is InChI=1S/C10H10FNO5/c11-4-8(13)7(3-9(14)15)12-10(16)6-1-2-17-5-6/h1-2,5,7H,3-4H2,(H,12,16)(H,14,15). The predicted octanol–water partition coefficient (Wildman–Crippen LogP) is 0.391. The van der Waals surface area contributed by atoms with E-state index in [0.717, 1.165) is 6.26 Å². The fourth-order valence-corrected chi connectivity index (χ4v) is 1.15.